The molecule has 0 spiro atoms. The van der Waals surface area contributed by atoms with Gasteiger partial charge in [0, 0.05) is 14.6 Å². The molecule has 0 amide bonds. The lowest BCUT2D eigenvalue weighted by molar-refractivity contribution is 0.527. The molecule has 20 heavy (non-hydrogen) atoms. The SMILES string of the molecule is CCCNC(Cc1ccccc1)c1cc(Cl)ccc1I. The molecule has 0 aliphatic rings. The zero-order valence-electron chi connectivity index (χ0n) is 11.6. The van der Waals surface area contributed by atoms with Crippen molar-refractivity contribution in [2.45, 2.75) is 25.8 Å². The maximum Gasteiger partial charge on any atom is 0.0410 e. The smallest absolute Gasteiger partial charge is 0.0410 e. The molecule has 1 unspecified atom stereocenters. The predicted octanol–water partition coefficient (Wildman–Crippen LogP) is 5.23. The first-order chi connectivity index (χ1) is 9.70. The normalized spacial score (nSPS) is 12.3. The van der Waals surface area contributed by atoms with E-state index in [0.717, 1.165) is 24.4 Å². The van der Waals surface area contributed by atoms with Crippen LogP contribution in [-0.2, 0) is 6.42 Å². The Morgan fingerprint density at radius 3 is 2.60 bits per heavy atom. The zero-order chi connectivity index (χ0) is 14.4. The molecule has 1 atom stereocenters. The Hall–Kier alpha value is -0.580. The molecule has 2 aromatic rings. The van der Waals surface area contributed by atoms with Crippen LogP contribution in [0.25, 0.3) is 0 Å². The molecule has 0 aliphatic carbocycles. The standard InChI is InChI=1S/C17H19ClIN/c1-2-10-20-17(11-13-6-4-3-5-7-13)15-12-14(18)8-9-16(15)19/h3-9,12,17,20H,2,10-11H2,1H3. The lowest BCUT2D eigenvalue weighted by Crippen LogP contribution is -2.24. The number of benzene rings is 2. The van der Waals surface area contributed by atoms with Crippen LogP contribution in [0.4, 0.5) is 0 Å². The summed E-state index contributed by atoms with van der Waals surface area (Å²) in [6, 6.07) is 17.0. The van der Waals surface area contributed by atoms with Gasteiger partial charge in [-0.2, -0.15) is 0 Å². The third-order valence-electron chi connectivity index (χ3n) is 3.26. The van der Waals surface area contributed by atoms with Crippen molar-refractivity contribution < 1.29 is 0 Å². The maximum absolute atomic E-state index is 6.17. The summed E-state index contributed by atoms with van der Waals surface area (Å²) in [4.78, 5) is 0. The van der Waals surface area contributed by atoms with Gasteiger partial charge in [-0.05, 0) is 71.3 Å². The third-order valence-corrected chi connectivity index (χ3v) is 4.47. The first kappa shape index (κ1) is 15.8. The molecule has 0 fully saturated rings. The van der Waals surface area contributed by atoms with E-state index < -0.39 is 0 Å². The van der Waals surface area contributed by atoms with E-state index >= 15 is 0 Å². The van der Waals surface area contributed by atoms with Crippen LogP contribution >= 0.6 is 34.2 Å². The molecule has 0 heterocycles. The second kappa shape index (κ2) is 8.01. The molecule has 1 N–H and O–H groups in total. The fourth-order valence-corrected chi connectivity index (χ4v) is 3.13. The van der Waals surface area contributed by atoms with Gasteiger partial charge in [0.15, 0.2) is 0 Å². The van der Waals surface area contributed by atoms with Gasteiger partial charge in [0.1, 0.15) is 0 Å². The molecule has 0 radical (unpaired) electrons. The van der Waals surface area contributed by atoms with Crippen LogP contribution < -0.4 is 5.32 Å². The van der Waals surface area contributed by atoms with Gasteiger partial charge < -0.3 is 5.32 Å². The highest BCUT2D eigenvalue weighted by Gasteiger charge is 2.15. The minimum absolute atomic E-state index is 0.308. The topological polar surface area (TPSA) is 12.0 Å². The van der Waals surface area contributed by atoms with Gasteiger partial charge in [-0.25, -0.2) is 0 Å². The molecule has 0 aromatic heterocycles. The summed E-state index contributed by atoms with van der Waals surface area (Å²) in [5.41, 5.74) is 2.63. The van der Waals surface area contributed by atoms with Gasteiger partial charge >= 0.3 is 0 Å². The molecule has 106 valence electrons. The van der Waals surface area contributed by atoms with Crippen molar-refractivity contribution in [1.82, 2.24) is 5.32 Å². The van der Waals surface area contributed by atoms with E-state index in [1.807, 2.05) is 6.07 Å². The lowest BCUT2D eigenvalue weighted by atomic mass is 9.99. The Kier molecular flexibility index (Phi) is 6.33. The van der Waals surface area contributed by atoms with Crippen molar-refractivity contribution in [2.24, 2.45) is 0 Å². The van der Waals surface area contributed by atoms with Crippen molar-refractivity contribution in [3.05, 3.63) is 68.3 Å². The van der Waals surface area contributed by atoms with E-state index in [2.05, 4.69) is 77.3 Å². The third kappa shape index (κ3) is 4.47. The minimum atomic E-state index is 0.308. The van der Waals surface area contributed by atoms with Gasteiger partial charge in [0.2, 0.25) is 0 Å². The fourth-order valence-electron chi connectivity index (χ4n) is 2.24. The van der Waals surface area contributed by atoms with E-state index in [-0.39, 0.29) is 0 Å². The van der Waals surface area contributed by atoms with Crippen LogP contribution in [0.3, 0.4) is 0 Å². The van der Waals surface area contributed by atoms with Crippen molar-refractivity contribution in [3.63, 3.8) is 0 Å². The maximum atomic E-state index is 6.17. The summed E-state index contributed by atoms with van der Waals surface area (Å²) < 4.78 is 1.26. The molecule has 0 saturated carbocycles. The van der Waals surface area contributed by atoms with E-state index in [0.29, 0.717) is 6.04 Å². The van der Waals surface area contributed by atoms with Crippen LogP contribution in [0.5, 0.6) is 0 Å². The monoisotopic (exact) mass is 399 g/mol. The van der Waals surface area contributed by atoms with Crippen LogP contribution in [0, 0.1) is 3.57 Å². The minimum Gasteiger partial charge on any atom is -0.310 e. The van der Waals surface area contributed by atoms with Crippen LogP contribution in [0.1, 0.15) is 30.5 Å². The summed E-state index contributed by atoms with van der Waals surface area (Å²) in [7, 11) is 0. The number of rotatable bonds is 6. The average Bonchev–Trinajstić information content (AvgIpc) is 2.47. The summed E-state index contributed by atoms with van der Waals surface area (Å²) in [5, 5.41) is 4.44. The van der Waals surface area contributed by atoms with E-state index in [1.54, 1.807) is 0 Å². The molecular weight excluding hydrogens is 381 g/mol. The number of hydrogen-bond acceptors (Lipinski definition) is 1. The highest BCUT2D eigenvalue weighted by Crippen LogP contribution is 2.26. The molecule has 1 nitrogen and oxygen atoms in total. The highest BCUT2D eigenvalue weighted by molar-refractivity contribution is 14.1. The number of hydrogen-bond donors (Lipinski definition) is 1. The average molecular weight is 400 g/mol. The molecule has 0 aliphatic heterocycles. The second-order valence-corrected chi connectivity index (χ2v) is 6.46. The molecule has 0 bridgehead atoms. The fraction of sp³-hybridized carbons (Fsp3) is 0.294. The van der Waals surface area contributed by atoms with Crippen molar-refractivity contribution in [3.8, 4) is 0 Å². The van der Waals surface area contributed by atoms with Gasteiger partial charge in [-0.1, -0.05) is 48.9 Å². The number of nitrogens with one attached hydrogen (secondary N) is 1. The second-order valence-electron chi connectivity index (χ2n) is 4.86. The van der Waals surface area contributed by atoms with E-state index in [1.165, 1.54) is 14.7 Å². The summed E-state index contributed by atoms with van der Waals surface area (Å²) >= 11 is 8.55. The van der Waals surface area contributed by atoms with Gasteiger partial charge in [-0.3, -0.25) is 0 Å². The Balaban J connectivity index is 2.24. The van der Waals surface area contributed by atoms with Crippen LogP contribution in [-0.4, -0.2) is 6.54 Å². The Labute approximate surface area is 139 Å². The summed E-state index contributed by atoms with van der Waals surface area (Å²) in [6.45, 7) is 3.20. The molecule has 0 saturated heterocycles. The lowest BCUT2D eigenvalue weighted by Gasteiger charge is -2.21. The summed E-state index contributed by atoms with van der Waals surface area (Å²) in [6.07, 6.45) is 2.11. The Morgan fingerprint density at radius 2 is 1.90 bits per heavy atom. The first-order valence-corrected chi connectivity index (χ1v) is 8.38. The van der Waals surface area contributed by atoms with Crippen molar-refractivity contribution in [2.75, 3.05) is 6.54 Å². The Morgan fingerprint density at radius 1 is 1.15 bits per heavy atom. The van der Waals surface area contributed by atoms with Crippen LogP contribution in [0.15, 0.2) is 48.5 Å². The Bertz CT molecular complexity index is 542. The largest absolute Gasteiger partial charge is 0.310 e. The van der Waals surface area contributed by atoms with Gasteiger partial charge in [0.05, 0.1) is 0 Å². The first-order valence-electron chi connectivity index (χ1n) is 6.93. The molecule has 2 aromatic carbocycles. The molecular formula is C17H19ClIN. The predicted molar refractivity (Wildman–Crippen MR) is 95.3 cm³/mol. The van der Waals surface area contributed by atoms with Crippen molar-refractivity contribution >= 4 is 34.2 Å². The van der Waals surface area contributed by atoms with E-state index in [4.69, 9.17) is 11.6 Å². The molecule has 3 heteroatoms. The highest BCUT2D eigenvalue weighted by atomic mass is 127. The quantitative estimate of drug-likeness (QED) is 0.656. The van der Waals surface area contributed by atoms with E-state index in [9.17, 15) is 0 Å². The summed E-state index contributed by atoms with van der Waals surface area (Å²) in [5.74, 6) is 0. The van der Waals surface area contributed by atoms with Crippen molar-refractivity contribution in [1.29, 1.82) is 0 Å². The van der Waals surface area contributed by atoms with Gasteiger partial charge in [-0.15, -0.1) is 0 Å². The number of halogens is 2. The van der Waals surface area contributed by atoms with Crippen LogP contribution in [0.2, 0.25) is 5.02 Å². The molecule has 2 rings (SSSR count). The van der Waals surface area contributed by atoms with Gasteiger partial charge in [0.25, 0.3) is 0 Å². The zero-order valence-corrected chi connectivity index (χ0v) is 14.5.